The third-order valence-corrected chi connectivity index (χ3v) is 5.08. The Morgan fingerprint density at radius 1 is 0.762 bits per heavy atom. The SMILES string of the molecule is OC(c1cccc(C2CCC2)c1)c1cccc(C2CC2)c1. The summed E-state index contributed by atoms with van der Waals surface area (Å²) in [7, 11) is 0. The van der Waals surface area contributed by atoms with Crippen LogP contribution in [-0.4, -0.2) is 5.11 Å². The van der Waals surface area contributed by atoms with Crippen LogP contribution in [0.3, 0.4) is 0 Å². The smallest absolute Gasteiger partial charge is 0.104 e. The average Bonchev–Trinajstić information content (AvgIpc) is 3.30. The first kappa shape index (κ1) is 13.1. The summed E-state index contributed by atoms with van der Waals surface area (Å²) >= 11 is 0. The van der Waals surface area contributed by atoms with Crippen molar-refractivity contribution in [1.82, 2.24) is 0 Å². The number of aliphatic hydroxyl groups excluding tert-OH is 1. The van der Waals surface area contributed by atoms with Gasteiger partial charge in [-0.25, -0.2) is 0 Å². The Morgan fingerprint density at radius 2 is 1.29 bits per heavy atom. The molecule has 0 saturated heterocycles. The lowest BCUT2D eigenvalue weighted by Gasteiger charge is -2.26. The Kier molecular flexibility index (Phi) is 3.31. The molecule has 1 unspecified atom stereocenters. The number of rotatable bonds is 4. The first-order valence-corrected chi connectivity index (χ1v) is 8.19. The number of hydrogen-bond donors (Lipinski definition) is 1. The van der Waals surface area contributed by atoms with E-state index in [0.29, 0.717) is 0 Å². The third-order valence-electron chi connectivity index (χ3n) is 5.08. The van der Waals surface area contributed by atoms with Crippen molar-refractivity contribution >= 4 is 0 Å². The van der Waals surface area contributed by atoms with Crippen molar-refractivity contribution in [1.29, 1.82) is 0 Å². The molecule has 1 N–H and O–H groups in total. The van der Waals surface area contributed by atoms with Crippen molar-refractivity contribution < 1.29 is 5.11 Å². The van der Waals surface area contributed by atoms with E-state index in [1.807, 2.05) is 6.07 Å². The lowest BCUT2D eigenvalue weighted by atomic mass is 9.79. The molecule has 4 rings (SSSR count). The van der Waals surface area contributed by atoms with Crippen molar-refractivity contribution in [2.75, 3.05) is 0 Å². The summed E-state index contributed by atoms with van der Waals surface area (Å²) in [5.74, 6) is 1.45. The molecule has 1 atom stereocenters. The minimum Gasteiger partial charge on any atom is -0.384 e. The quantitative estimate of drug-likeness (QED) is 0.842. The summed E-state index contributed by atoms with van der Waals surface area (Å²) in [4.78, 5) is 0. The minimum absolute atomic E-state index is 0.497. The lowest BCUT2D eigenvalue weighted by Crippen LogP contribution is -2.09. The fraction of sp³-hybridized carbons (Fsp3) is 0.400. The summed E-state index contributed by atoms with van der Waals surface area (Å²) in [6, 6.07) is 17.1. The van der Waals surface area contributed by atoms with E-state index in [1.54, 1.807) is 0 Å². The second-order valence-electron chi connectivity index (χ2n) is 6.64. The topological polar surface area (TPSA) is 20.2 Å². The average molecular weight is 278 g/mol. The molecule has 0 amide bonds. The van der Waals surface area contributed by atoms with Crippen LogP contribution in [0.4, 0.5) is 0 Å². The fourth-order valence-corrected chi connectivity index (χ4v) is 3.32. The van der Waals surface area contributed by atoms with Gasteiger partial charge in [0.15, 0.2) is 0 Å². The summed E-state index contributed by atoms with van der Waals surface area (Å²) in [6.45, 7) is 0. The van der Waals surface area contributed by atoms with E-state index in [-0.39, 0.29) is 0 Å². The molecule has 0 heterocycles. The van der Waals surface area contributed by atoms with Crippen molar-refractivity contribution in [3.8, 4) is 0 Å². The molecule has 0 aliphatic heterocycles. The van der Waals surface area contributed by atoms with Crippen LogP contribution in [0, 0.1) is 0 Å². The molecule has 21 heavy (non-hydrogen) atoms. The molecule has 2 aromatic carbocycles. The maximum atomic E-state index is 10.7. The zero-order valence-corrected chi connectivity index (χ0v) is 12.3. The van der Waals surface area contributed by atoms with Crippen LogP contribution in [0.15, 0.2) is 48.5 Å². The highest BCUT2D eigenvalue weighted by atomic mass is 16.3. The molecule has 108 valence electrons. The van der Waals surface area contributed by atoms with Crippen molar-refractivity contribution in [2.45, 2.75) is 50.0 Å². The van der Waals surface area contributed by atoms with Crippen LogP contribution in [0.5, 0.6) is 0 Å². The van der Waals surface area contributed by atoms with Gasteiger partial charge in [-0.3, -0.25) is 0 Å². The molecule has 2 fully saturated rings. The number of hydrogen-bond acceptors (Lipinski definition) is 1. The summed E-state index contributed by atoms with van der Waals surface area (Å²) in [6.07, 6.45) is 6.06. The monoisotopic (exact) mass is 278 g/mol. The maximum Gasteiger partial charge on any atom is 0.104 e. The third kappa shape index (κ3) is 2.63. The predicted octanol–water partition coefficient (Wildman–Crippen LogP) is 4.91. The van der Waals surface area contributed by atoms with Gasteiger partial charge >= 0.3 is 0 Å². The standard InChI is InChI=1S/C20H22O/c21-20(19-9-3-7-17(13-19)15-10-11-15)18-8-2-6-16(12-18)14-4-1-5-14/h2-3,6-9,12-15,20-21H,1,4-5,10-11H2. The van der Waals surface area contributed by atoms with E-state index in [2.05, 4.69) is 42.5 Å². The molecular formula is C20H22O. The van der Waals surface area contributed by atoms with E-state index in [0.717, 1.165) is 23.0 Å². The first-order valence-electron chi connectivity index (χ1n) is 8.19. The van der Waals surface area contributed by atoms with Crippen LogP contribution in [0.25, 0.3) is 0 Å². The zero-order valence-electron chi connectivity index (χ0n) is 12.3. The van der Waals surface area contributed by atoms with Crippen molar-refractivity contribution in [3.05, 3.63) is 70.8 Å². The molecule has 2 aromatic rings. The normalized spacial score (nSPS) is 20.0. The molecule has 0 bridgehead atoms. The Labute approximate surface area is 126 Å². The van der Waals surface area contributed by atoms with Gasteiger partial charge in [0, 0.05) is 0 Å². The Hall–Kier alpha value is -1.60. The molecule has 0 radical (unpaired) electrons. The lowest BCUT2D eigenvalue weighted by molar-refractivity contribution is 0.220. The number of aliphatic hydroxyl groups is 1. The minimum atomic E-state index is -0.497. The van der Waals surface area contributed by atoms with Gasteiger partial charge < -0.3 is 5.11 Å². The van der Waals surface area contributed by atoms with Gasteiger partial charge in [-0.1, -0.05) is 55.0 Å². The highest BCUT2D eigenvalue weighted by molar-refractivity contribution is 5.37. The number of benzene rings is 2. The molecule has 2 aliphatic rings. The van der Waals surface area contributed by atoms with E-state index in [4.69, 9.17) is 0 Å². The Morgan fingerprint density at radius 3 is 1.71 bits per heavy atom. The highest BCUT2D eigenvalue weighted by Gasteiger charge is 2.24. The van der Waals surface area contributed by atoms with Gasteiger partial charge in [-0.15, -0.1) is 0 Å². The van der Waals surface area contributed by atoms with Gasteiger partial charge in [0.05, 0.1) is 0 Å². The fourth-order valence-electron chi connectivity index (χ4n) is 3.32. The molecule has 0 spiro atoms. The van der Waals surface area contributed by atoms with E-state index < -0.39 is 6.10 Å². The molecule has 2 saturated carbocycles. The van der Waals surface area contributed by atoms with Gasteiger partial charge in [-0.2, -0.15) is 0 Å². The van der Waals surface area contributed by atoms with E-state index in [1.165, 1.54) is 43.2 Å². The van der Waals surface area contributed by atoms with Gasteiger partial charge in [-0.05, 0) is 59.8 Å². The molecule has 2 aliphatic carbocycles. The Bertz CT molecular complexity index is 638. The highest BCUT2D eigenvalue weighted by Crippen LogP contribution is 2.41. The van der Waals surface area contributed by atoms with E-state index >= 15 is 0 Å². The predicted molar refractivity (Wildman–Crippen MR) is 85.5 cm³/mol. The van der Waals surface area contributed by atoms with Crippen molar-refractivity contribution in [3.63, 3.8) is 0 Å². The second kappa shape index (κ2) is 5.31. The molecular weight excluding hydrogens is 256 g/mol. The molecule has 1 heteroatoms. The summed E-state index contributed by atoms with van der Waals surface area (Å²) < 4.78 is 0. The van der Waals surface area contributed by atoms with Crippen LogP contribution in [0.2, 0.25) is 0 Å². The zero-order chi connectivity index (χ0) is 14.2. The van der Waals surface area contributed by atoms with Crippen LogP contribution in [-0.2, 0) is 0 Å². The van der Waals surface area contributed by atoms with Gasteiger partial charge in [0.25, 0.3) is 0 Å². The van der Waals surface area contributed by atoms with Crippen molar-refractivity contribution in [2.24, 2.45) is 0 Å². The summed E-state index contributed by atoms with van der Waals surface area (Å²) in [5.41, 5.74) is 4.86. The second-order valence-corrected chi connectivity index (χ2v) is 6.64. The maximum absolute atomic E-state index is 10.7. The van der Waals surface area contributed by atoms with Gasteiger partial charge in [0.1, 0.15) is 6.10 Å². The molecule has 1 nitrogen and oxygen atoms in total. The Balaban J connectivity index is 1.61. The van der Waals surface area contributed by atoms with Crippen LogP contribution in [0.1, 0.15) is 72.3 Å². The molecule has 0 aromatic heterocycles. The summed E-state index contributed by atoms with van der Waals surface area (Å²) in [5, 5.41) is 10.7. The van der Waals surface area contributed by atoms with E-state index in [9.17, 15) is 5.11 Å². The largest absolute Gasteiger partial charge is 0.384 e. The van der Waals surface area contributed by atoms with Gasteiger partial charge in [0.2, 0.25) is 0 Å². The van der Waals surface area contributed by atoms with Crippen LogP contribution >= 0.6 is 0 Å². The van der Waals surface area contributed by atoms with Crippen LogP contribution < -0.4 is 0 Å². The first-order chi connectivity index (χ1) is 10.3.